The lowest BCUT2D eigenvalue weighted by Crippen LogP contribution is -2.25. The van der Waals surface area contributed by atoms with Crippen LogP contribution in [0.1, 0.15) is 27.7 Å². The van der Waals surface area contributed by atoms with Crippen LogP contribution in [0.2, 0.25) is 0 Å². The van der Waals surface area contributed by atoms with Crippen LogP contribution in [0.4, 0.5) is 13.2 Å². The van der Waals surface area contributed by atoms with E-state index in [1.165, 1.54) is 17.4 Å². The number of amides is 1. The van der Waals surface area contributed by atoms with Crippen LogP contribution in [0.5, 0.6) is 5.75 Å². The summed E-state index contributed by atoms with van der Waals surface area (Å²) in [4.78, 5) is 12.5. The van der Waals surface area contributed by atoms with E-state index < -0.39 is 11.7 Å². The van der Waals surface area contributed by atoms with E-state index in [9.17, 15) is 18.0 Å². The van der Waals surface area contributed by atoms with Crippen molar-refractivity contribution in [1.82, 2.24) is 5.32 Å². The zero-order valence-electron chi connectivity index (χ0n) is 12.4. The normalized spacial score (nSPS) is 11.3. The summed E-state index contributed by atoms with van der Waals surface area (Å²) in [5.74, 6) is 0.240. The van der Waals surface area contributed by atoms with Gasteiger partial charge in [0.15, 0.2) is 0 Å². The summed E-state index contributed by atoms with van der Waals surface area (Å²) in [7, 11) is 0. The second-order valence-electron chi connectivity index (χ2n) is 4.75. The Hall–Kier alpha value is -2.02. The van der Waals surface area contributed by atoms with E-state index in [-0.39, 0.29) is 12.5 Å². The van der Waals surface area contributed by atoms with Gasteiger partial charge in [-0.3, -0.25) is 4.79 Å². The Morgan fingerprint density at radius 2 is 2.09 bits per heavy atom. The molecule has 0 aliphatic carbocycles. The van der Waals surface area contributed by atoms with Crippen LogP contribution < -0.4 is 10.1 Å². The Balaban J connectivity index is 1.92. The van der Waals surface area contributed by atoms with E-state index in [0.29, 0.717) is 29.2 Å². The van der Waals surface area contributed by atoms with E-state index in [4.69, 9.17) is 4.74 Å². The van der Waals surface area contributed by atoms with Gasteiger partial charge in [-0.25, -0.2) is 0 Å². The number of rotatable bonds is 6. The van der Waals surface area contributed by atoms with Crippen LogP contribution in [0.25, 0.3) is 0 Å². The Kier molecular flexibility index (Phi) is 5.65. The molecule has 0 atom stereocenters. The zero-order valence-corrected chi connectivity index (χ0v) is 13.3. The Labute approximate surface area is 136 Å². The predicted octanol–water partition coefficient (Wildman–Crippen LogP) is 4.14. The topological polar surface area (TPSA) is 38.3 Å². The molecule has 0 saturated heterocycles. The number of hydrogen-bond acceptors (Lipinski definition) is 3. The molecule has 1 aromatic heterocycles. The average Bonchev–Trinajstić information content (AvgIpc) is 2.95. The van der Waals surface area contributed by atoms with Crippen LogP contribution >= 0.6 is 11.3 Å². The van der Waals surface area contributed by atoms with Gasteiger partial charge in [0, 0.05) is 6.54 Å². The summed E-state index contributed by atoms with van der Waals surface area (Å²) in [5, 5.41) is 4.46. The van der Waals surface area contributed by atoms with Crippen molar-refractivity contribution >= 4 is 17.2 Å². The van der Waals surface area contributed by atoms with Crippen LogP contribution in [-0.2, 0) is 12.6 Å². The molecule has 1 heterocycles. The number of carbonyl (C=O) groups excluding carboxylic acids is 1. The fraction of sp³-hybridized carbons (Fsp3) is 0.312. The van der Waals surface area contributed by atoms with Crippen molar-refractivity contribution in [2.24, 2.45) is 0 Å². The summed E-state index contributed by atoms with van der Waals surface area (Å²) in [5.41, 5.74) is -0.158. The highest BCUT2D eigenvalue weighted by Crippen LogP contribution is 2.29. The van der Waals surface area contributed by atoms with Crippen LogP contribution in [0.3, 0.4) is 0 Å². The molecule has 0 fully saturated rings. The molecule has 2 rings (SSSR count). The van der Waals surface area contributed by atoms with Crippen molar-refractivity contribution in [2.75, 3.05) is 13.2 Å². The summed E-state index contributed by atoms with van der Waals surface area (Å²) >= 11 is 1.26. The maximum atomic E-state index is 12.6. The van der Waals surface area contributed by atoms with Crippen molar-refractivity contribution in [1.29, 1.82) is 0 Å². The third-order valence-electron chi connectivity index (χ3n) is 3.09. The number of nitrogens with one attached hydrogen (secondary N) is 1. The van der Waals surface area contributed by atoms with Gasteiger partial charge in [0.2, 0.25) is 0 Å². The minimum atomic E-state index is -4.36. The Bertz CT molecular complexity index is 667. The maximum Gasteiger partial charge on any atom is 0.416 e. The van der Waals surface area contributed by atoms with E-state index in [0.717, 1.165) is 12.1 Å². The van der Waals surface area contributed by atoms with Crippen molar-refractivity contribution < 1.29 is 22.7 Å². The van der Waals surface area contributed by atoms with Crippen molar-refractivity contribution in [3.63, 3.8) is 0 Å². The molecule has 0 saturated carbocycles. The third-order valence-corrected chi connectivity index (χ3v) is 3.98. The van der Waals surface area contributed by atoms with Gasteiger partial charge in [-0.15, -0.1) is 11.3 Å². The lowest BCUT2D eigenvalue weighted by molar-refractivity contribution is -0.137. The summed E-state index contributed by atoms with van der Waals surface area (Å²) < 4.78 is 43.3. The smallest absolute Gasteiger partial charge is 0.416 e. The highest BCUT2D eigenvalue weighted by Gasteiger charge is 2.30. The molecule has 0 radical (unpaired) electrons. The molecule has 0 spiro atoms. The third kappa shape index (κ3) is 4.72. The number of halogens is 3. The largest absolute Gasteiger partial charge is 0.492 e. The lowest BCUT2D eigenvalue weighted by Gasteiger charge is -2.09. The van der Waals surface area contributed by atoms with Gasteiger partial charge in [-0.2, -0.15) is 13.2 Å². The first-order valence-corrected chi connectivity index (χ1v) is 7.94. The standard InChI is InChI=1S/C16H16F3NO2S/c1-2-22-13-7-9-23-14(13)15(21)20-8-6-11-4-3-5-12(10-11)16(17,18)19/h3-5,7,9-10H,2,6,8H2,1H3,(H,20,21). The second kappa shape index (κ2) is 7.50. The molecule has 0 unspecified atom stereocenters. The molecule has 7 heteroatoms. The first-order valence-electron chi connectivity index (χ1n) is 7.06. The number of ether oxygens (including phenoxy) is 1. The highest BCUT2D eigenvalue weighted by molar-refractivity contribution is 7.12. The molecule has 3 nitrogen and oxygen atoms in total. The van der Waals surface area contributed by atoms with E-state index >= 15 is 0 Å². The molecule has 124 valence electrons. The fourth-order valence-electron chi connectivity index (χ4n) is 2.04. The molecule has 0 bridgehead atoms. The van der Waals surface area contributed by atoms with Gasteiger partial charge in [0.1, 0.15) is 10.6 Å². The molecule has 1 N–H and O–H groups in total. The Morgan fingerprint density at radius 1 is 1.30 bits per heavy atom. The summed E-state index contributed by atoms with van der Waals surface area (Å²) in [6.07, 6.45) is -4.03. The number of benzene rings is 1. The molecule has 23 heavy (non-hydrogen) atoms. The fourth-order valence-corrected chi connectivity index (χ4v) is 2.79. The second-order valence-corrected chi connectivity index (χ2v) is 5.67. The minimum Gasteiger partial charge on any atom is -0.492 e. The molecule has 2 aromatic rings. The molecular weight excluding hydrogens is 327 g/mol. The van der Waals surface area contributed by atoms with E-state index in [1.54, 1.807) is 17.5 Å². The van der Waals surface area contributed by atoms with Crippen LogP contribution in [0.15, 0.2) is 35.7 Å². The molecule has 0 aliphatic heterocycles. The van der Waals surface area contributed by atoms with Crippen molar-refractivity contribution in [2.45, 2.75) is 19.5 Å². The van der Waals surface area contributed by atoms with Crippen LogP contribution in [0, 0.1) is 0 Å². The molecule has 1 amide bonds. The van der Waals surface area contributed by atoms with E-state index in [1.807, 2.05) is 6.92 Å². The average molecular weight is 343 g/mol. The van der Waals surface area contributed by atoms with Gasteiger partial charge >= 0.3 is 6.18 Å². The molecule has 0 aliphatic rings. The predicted molar refractivity (Wildman–Crippen MR) is 83.0 cm³/mol. The summed E-state index contributed by atoms with van der Waals surface area (Å²) in [6.45, 7) is 2.54. The lowest BCUT2D eigenvalue weighted by atomic mass is 10.1. The van der Waals surface area contributed by atoms with Crippen LogP contribution in [-0.4, -0.2) is 19.1 Å². The first-order chi connectivity index (χ1) is 10.9. The molecular formula is C16H16F3NO2S. The van der Waals surface area contributed by atoms with Crippen molar-refractivity contribution in [3.05, 3.63) is 51.7 Å². The number of thiophene rings is 1. The Morgan fingerprint density at radius 3 is 2.78 bits per heavy atom. The number of hydrogen-bond donors (Lipinski definition) is 1. The number of carbonyl (C=O) groups is 1. The highest BCUT2D eigenvalue weighted by atomic mass is 32.1. The van der Waals surface area contributed by atoms with Gasteiger partial charge in [0.25, 0.3) is 5.91 Å². The van der Waals surface area contributed by atoms with Gasteiger partial charge in [-0.1, -0.05) is 18.2 Å². The zero-order chi connectivity index (χ0) is 16.9. The number of alkyl halides is 3. The van der Waals surface area contributed by atoms with Gasteiger partial charge in [-0.05, 0) is 36.4 Å². The quantitative estimate of drug-likeness (QED) is 0.856. The van der Waals surface area contributed by atoms with Gasteiger partial charge in [0.05, 0.1) is 12.2 Å². The molecule has 1 aromatic carbocycles. The van der Waals surface area contributed by atoms with Gasteiger partial charge < -0.3 is 10.1 Å². The minimum absolute atomic E-state index is 0.254. The monoisotopic (exact) mass is 343 g/mol. The SMILES string of the molecule is CCOc1ccsc1C(=O)NCCc1cccc(C(F)(F)F)c1. The summed E-state index contributed by atoms with van der Waals surface area (Å²) in [6, 6.07) is 6.82. The first kappa shape index (κ1) is 17.3. The maximum absolute atomic E-state index is 12.6. The van der Waals surface area contributed by atoms with Crippen molar-refractivity contribution in [3.8, 4) is 5.75 Å². The van der Waals surface area contributed by atoms with E-state index in [2.05, 4.69) is 5.32 Å².